The molecule has 0 spiro atoms. The number of nitrogens with two attached hydrogens (primary N) is 1. The Morgan fingerprint density at radius 2 is 1.85 bits per heavy atom. The highest BCUT2D eigenvalue weighted by molar-refractivity contribution is 6.32. The van der Waals surface area contributed by atoms with Crippen molar-refractivity contribution in [1.29, 1.82) is 0 Å². The van der Waals surface area contributed by atoms with Crippen molar-refractivity contribution < 1.29 is 9.47 Å². The van der Waals surface area contributed by atoms with Crippen LogP contribution in [-0.4, -0.2) is 23.8 Å². The summed E-state index contributed by atoms with van der Waals surface area (Å²) in [5.74, 6) is 1.19. The van der Waals surface area contributed by atoms with Crippen LogP contribution >= 0.6 is 11.6 Å². The number of benzene rings is 1. The number of nitrogens with zero attached hydrogens (tertiary/aromatic N) is 2. The molecule has 1 aromatic heterocycles. The lowest BCUT2D eigenvalue weighted by Gasteiger charge is -2.22. The summed E-state index contributed by atoms with van der Waals surface area (Å²) >= 11 is 6.20. The van der Waals surface area contributed by atoms with Crippen LogP contribution in [0.25, 0.3) is 5.69 Å². The lowest BCUT2D eigenvalue weighted by molar-refractivity contribution is 0.392. The van der Waals surface area contributed by atoms with Crippen molar-refractivity contribution in [2.24, 2.45) is 5.73 Å². The summed E-state index contributed by atoms with van der Waals surface area (Å²) in [6.07, 6.45) is 3.42. The second-order valence-electron chi connectivity index (χ2n) is 5.03. The molecule has 20 heavy (non-hydrogen) atoms. The van der Waals surface area contributed by atoms with Crippen LogP contribution in [0.15, 0.2) is 24.7 Å². The van der Waals surface area contributed by atoms with E-state index < -0.39 is 5.54 Å². The van der Waals surface area contributed by atoms with Gasteiger partial charge < -0.3 is 15.2 Å². The fraction of sp³-hybridized carbons (Fsp3) is 0.357. The third-order valence-corrected chi connectivity index (χ3v) is 3.31. The van der Waals surface area contributed by atoms with Gasteiger partial charge in [-0.3, -0.25) is 4.57 Å². The van der Waals surface area contributed by atoms with Gasteiger partial charge in [0.05, 0.1) is 48.7 Å². The number of hydrogen-bond acceptors (Lipinski definition) is 4. The molecule has 0 saturated carbocycles. The van der Waals surface area contributed by atoms with E-state index in [0.29, 0.717) is 16.5 Å². The molecule has 2 N–H and O–H groups in total. The Bertz CT molecular complexity index is 617. The highest BCUT2D eigenvalue weighted by Crippen LogP contribution is 2.36. The Hall–Kier alpha value is -1.72. The van der Waals surface area contributed by atoms with Gasteiger partial charge in [0.15, 0.2) is 0 Å². The zero-order chi connectivity index (χ0) is 14.9. The van der Waals surface area contributed by atoms with E-state index in [1.54, 1.807) is 38.9 Å². The van der Waals surface area contributed by atoms with Crippen molar-refractivity contribution >= 4 is 11.6 Å². The maximum Gasteiger partial charge on any atom is 0.146 e. The Morgan fingerprint density at radius 3 is 2.40 bits per heavy atom. The predicted octanol–water partition coefficient (Wildman–Crippen LogP) is 2.74. The predicted molar refractivity (Wildman–Crippen MR) is 78.9 cm³/mol. The molecule has 1 aromatic carbocycles. The lowest BCUT2D eigenvalue weighted by Crippen LogP contribution is -2.31. The molecule has 0 fully saturated rings. The van der Waals surface area contributed by atoms with Crippen LogP contribution in [0.4, 0.5) is 0 Å². The van der Waals surface area contributed by atoms with Crippen molar-refractivity contribution in [1.82, 2.24) is 9.55 Å². The average Bonchev–Trinajstić information content (AvgIpc) is 2.87. The molecule has 5 nitrogen and oxygen atoms in total. The Balaban J connectivity index is 2.64. The standard InChI is InChI=1S/C14H18ClN3O2/c1-14(2,16)13-7-17-8-18(13)10-5-9(15)11(19-3)6-12(10)20-4/h5-8H,16H2,1-4H3. The van der Waals surface area contributed by atoms with Crippen molar-refractivity contribution in [3.05, 3.63) is 35.4 Å². The summed E-state index contributed by atoms with van der Waals surface area (Å²) in [5, 5.41) is 0.498. The molecule has 0 unspecified atom stereocenters. The minimum absolute atomic E-state index is 0.498. The van der Waals surface area contributed by atoms with Gasteiger partial charge in [0.2, 0.25) is 0 Å². The summed E-state index contributed by atoms with van der Waals surface area (Å²) in [7, 11) is 3.16. The first kappa shape index (κ1) is 14.7. The van der Waals surface area contributed by atoms with Crippen LogP contribution < -0.4 is 15.2 Å². The fourth-order valence-electron chi connectivity index (χ4n) is 2.00. The molecule has 0 amide bonds. The van der Waals surface area contributed by atoms with Gasteiger partial charge in [0.25, 0.3) is 0 Å². The van der Waals surface area contributed by atoms with E-state index in [2.05, 4.69) is 4.98 Å². The number of aromatic nitrogens is 2. The second-order valence-corrected chi connectivity index (χ2v) is 5.44. The van der Waals surface area contributed by atoms with E-state index in [1.807, 2.05) is 18.4 Å². The molecule has 0 atom stereocenters. The van der Waals surface area contributed by atoms with Crippen LogP contribution in [0, 0.1) is 0 Å². The average molecular weight is 296 g/mol. The highest BCUT2D eigenvalue weighted by atomic mass is 35.5. The molecule has 6 heteroatoms. The SMILES string of the molecule is COc1cc(OC)c(-n2cncc2C(C)(C)N)cc1Cl. The van der Waals surface area contributed by atoms with Gasteiger partial charge in [0.1, 0.15) is 11.5 Å². The number of rotatable bonds is 4. The molecule has 0 aliphatic carbocycles. The van der Waals surface area contributed by atoms with Crippen LogP contribution in [0.1, 0.15) is 19.5 Å². The topological polar surface area (TPSA) is 62.3 Å². The Kier molecular flexibility index (Phi) is 3.92. The van der Waals surface area contributed by atoms with E-state index in [9.17, 15) is 0 Å². The number of imidazole rings is 1. The van der Waals surface area contributed by atoms with Crippen molar-refractivity contribution in [2.75, 3.05) is 14.2 Å². The van der Waals surface area contributed by atoms with Crippen molar-refractivity contribution in [3.8, 4) is 17.2 Å². The van der Waals surface area contributed by atoms with Crippen LogP contribution in [0.5, 0.6) is 11.5 Å². The molecular weight excluding hydrogens is 278 g/mol. The van der Waals surface area contributed by atoms with E-state index in [0.717, 1.165) is 11.4 Å². The molecule has 2 rings (SSSR count). The number of ether oxygens (including phenoxy) is 2. The summed E-state index contributed by atoms with van der Waals surface area (Å²) in [5.41, 5.74) is 7.26. The molecule has 2 aromatic rings. The van der Waals surface area contributed by atoms with Crippen LogP contribution in [0.3, 0.4) is 0 Å². The maximum atomic E-state index is 6.20. The summed E-state index contributed by atoms with van der Waals surface area (Å²) in [6, 6.07) is 3.51. The molecule has 1 heterocycles. The van der Waals surface area contributed by atoms with Gasteiger partial charge in [-0.05, 0) is 19.9 Å². The largest absolute Gasteiger partial charge is 0.495 e. The molecule has 0 bridgehead atoms. The normalized spacial score (nSPS) is 11.5. The monoisotopic (exact) mass is 295 g/mol. The summed E-state index contributed by atoms with van der Waals surface area (Å²) in [4.78, 5) is 4.17. The zero-order valence-electron chi connectivity index (χ0n) is 12.0. The molecule has 0 saturated heterocycles. The smallest absolute Gasteiger partial charge is 0.146 e. The molecule has 108 valence electrons. The number of methoxy groups -OCH3 is 2. The highest BCUT2D eigenvalue weighted by Gasteiger charge is 2.22. The first-order valence-corrected chi connectivity index (χ1v) is 6.50. The Morgan fingerprint density at radius 1 is 1.20 bits per heavy atom. The van der Waals surface area contributed by atoms with Gasteiger partial charge in [0, 0.05) is 6.07 Å². The fourth-order valence-corrected chi connectivity index (χ4v) is 2.23. The van der Waals surface area contributed by atoms with Crippen molar-refractivity contribution in [3.63, 3.8) is 0 Å². The summed E-state index contributed by atoms with van der Waals surface area (Å²) < 4.78 is 12.5. The zero-order valence-corrected chi connectivity index (χ0v) is 12.7. The third kappa shape index (κ3) is 2.59. The van der Waals surface area contributed by atoms with Gasteiger partial charge in [-0.2, -0.15) is 0 Å². The first-order chi connectivity index (χ1) is 9.38. The quantitative estimate of drug-likeness (QED) is 0.942. The van der Waals surface area contributed by atoms with Crippen molar-refractivity contribution in [2.45, 2.75) is 19.4 Å². The minimum atomic E-state index is -0.534. The van der Waals surface area contributed by atoms with Crippen LogP contribution in [0.2, 0.25) is 5.02 Å². The van der Waals surface area contributed by atoms with Gasteiger partial charge in [-0.15, -0.1) is 0 Å². The molecule has 0 aliphatic heterocycles. The van der Waals surface area contributed by atoms with Gasteiger partial charge in [-0.25, -0.2) is 4.98 Å². The Labute approximate surface area is 123 Å². The lowest BCUT2D eigenvalue weighted by atomic mass is 10.0. The number of hydrogen-bond donors (Lipinski definition) is 1. The number of halogens is 1. The minimum Gasteiger partial charge on any atom is -0.495 e. The van der Waals surface area contributed by atoms with Gasteiger partial charge in [-0.1, -0.05) is 11.6 Å². The van der Waals surface area contributed by atoms with Gasteiger partial charge >= 0.3 is 0 Å². The van der Waals surface area contributed by atoms with Crippen LogP contribution in [-0.2, 0) is 5.54 Å². The van der Waals surface area contributed by atoms with E-state index in [1.165, 1.54) is 0 Å². The second kappa shape index (κ2) is 5.34. The first-order valence-electron chi connectivity index (χ1n) is 6.12. The van der Waals surface area contributed by atoms with E-state index >= 15 is 0 Å². The molecular formula is C14H18ClN3O2. The maximum absolute atomic E-state index is 6.20. The summed E-state index contributed by atoms with van der Waals surface area (Å²) in [6.45, 7) is 3.83. The van der Waals surface area contributed by atoms with E-state index in [4.69, 9.17) is 26.8 Å². The molecule has 0 radical (unpaired) electrons. The third-order valence-electron chi connectivity index (χ3n) is 3.01. The van der Waals surface area contributed by atoms with E-state index in [-0.39, 0.29) is 0 Å². The molecule has 0 aliphatic rings.